The fourth-order valence-corrected chi connectivity index (χ4v) is 5.51. The van der Waals surface area contributed by atoms with Gasteiger partial charge in [-0.1, -0.05) is 81.5 Å². The van der Waals surface area contributed by atoms with Crippen LogP contribution in [0, 0.1) is 11.8 Å². The summed E-state index contributed by atoms with van der Waals surface area (Å²) < 4.78 is 6.79. The van der Waals surface area contributed by atoms with Gasteiger partial charge in [0.25, 0.3) is 0 Å². The molecule has 2 heterocycles. The maximum absolute atomic E-state index is 12.8. The number of ketones is 1. The maximum atomic E-state index is 12.8. The lowest BCUT2D eigenvalue weighted by molar-refractivity contribution is -0.458. The zero-order chi connectivity index (χ0) is 24.4. The molecule has 33 heavy (non-hydrogen) atoms. The van der Waals surface area contributed by atoms with Crippen molar-refractivity contribution in [3.8, 4) is 0 Å². The Balaban J connectivity index is 1.81. The minimum absolute atomic E-state index is 0.0285. The second-order valence-electron chi connectivity index (χ2n) is 9.70. The Kier molecular flexibility index (Phi) is 11.6. The molecule has 4 atom stereocenters. The number of esters is 1. The predicted octanol–water partition coefficient (Wildman–Crippen LogP) is 5.47. The van der Waals surface area contributed by atoms with Gasteiger partial charge < -0.3 is 9.53 Å². The van der Waals surface area contributed by atoms with E-state index >= 15 is 0 Å². The molecule has 2 aliphatic rings. The van der Waals surface area contributed by atoms with E-state index in [1.807, 2.05) is 0 Å². The zero-order valence-electron chi connectivity index (χ0n) is 20.5. The SMILES string of the molecule is CCCCCCCCCCCC(=O)[N+]1=CN(C)C(Cl)(C[C@H]2COC(=O)[C@H]2CCC(C)=O)C1Cl. The maximum Gasteiger partial charge on any atom is 0.310 e. The van der Waals surface area contributed by atoms with E-state index in [0.717, 1.165) is 19.3 Å². The van der Waals surface area contributed by atoms with E-state index in [0.29, 0.717) is 25.7 Å². The van der Waals surface area contributed by atoms with Gasteiger partial charge in [-0.15, -0.1) is 0 Å². The summed E-state index contributed by atoms with van der Waals surface area (Å²) in [6.45, 7) is 4.01. The Morgan fingerprint density at radius 1 is 1.12 bits per heavy atom. The number of nitrogens with zero attached hydrogens (tertiary/aromatic N) is 2. The number of unbranched alkanes of at least 4 members (excludes halogenated alkanes) is 8. The molecule has 8 heteroatoms. The number of halogens is 2. The standard InChI is InChI=1S/C25H41Cl2N2O4/c1-4-5-6-7-8-9-10-11-12-13-22(31)29-18-28(3)25(27,24(29)26)16-20-17-33-23(32)21(20)15-14-19(2)30/h18,20-21,24H,4-17H2,1-3H3/q+1/t20-,21-,24?,25?/m0/s1. The number of rotatable bonds is 15. The van der Waals surface area contributed by atoms with Crippen LogP contribution in [0.1, 0.15) is 97.3 Å². The Labute approximate surface area is 209 Å². The topological polar surface area (TPSA) is 66.7 Å². The molecule has 0 aromatic heterocycles. The van der Waals surface area contributed by atoms with E-state index in [2.05, 4.69) is 6.92 Å². The largest absolute Gasteiger partial charge is 0.465 e. The first-order chi connectivity index (χ1) is 15.7. The highest BCUT2D eigenvalue weighted by atomic mass is 35.5. The van der Waals surface area contributed by atoms with Crippen molar-refractivity contribution in [3.05, 3.63) is 0 Å². The number of hydrogen-bond donors (Lipinski definition) is 0. The number of amides is 1. The third-order valence-electron chi connectivity index (χ3n) is 6.94. The van der Waals surface area contributed by atoms with Crippen LogP contribution in [-0.4, -0.2) is 57.6 Å². The summed E-state index contributed by atoms with van der Waals surface area (Å²) in [5.41, 5.74) is -0.737. The van der Waals surface area contributed by atoms with Crippen molar-refractivity contribution < 1.29 is 23.7 Å². The molecule has 0 spiro atoms. The minimum Gasteiger partial charge on any atom is -0.465 e. The van der Waals surface area contributed by atoms with Crippen molar-refractivity contribution >= 4 is 47.2 Å². The van der Waals surface area contributed by atoms with Crippen molar-refractivity contribution in [2.75, 3.05) is 13.7 Å². The molecule has 2 unspecified atom stereocenters. The van der Waals surface area contributed by atoms with E-state index in [4.69, 9.17) is 27.9 Å². The van der Waals surface area contributed by atoms with Gasteiger partial charge in [0, 0.05) is 25.2 Å². The van der Waals surface area contributed by atoms with Gasteiger partial charge in [-0.05, 0) is 19.8 Å². The highest BCUT2D eigenvalue weighted by Crippen LogP contribution is 2.42. The predicted molar refractivity (Wildman–Crippen MR) is 132 cm³/mol. The molecule has 1 saturated heterocycles. The number of carbonyl (C=O) groups is 3. The van der Waals surface area contributed by atoms with Gasteiger partial charge in [-0.25, -0.2) is 9.69 Å². The molecule has 0 aromatic carbocycles. The second-order valence-corrected chi connectivity index (χ2v) is 10.8. The first kappa shape index (κ1) is 28.1. The highest BCUT2D eigenvalue weighted by molar-refractivity contribution is 6.32. The minimum atomic E-state index is -1.02. The van der Waals surface area contributed by atoms with Crippen molar-refractivity contribution in [1.82, 2.24) is 4.90 Å². The van der Waals surface area contributed by atoms with Gasteiger partial charge in [0.05, 0.1) is 19.6 Å². The van der Waals surface area contributed by atoms with Crippen LogP contribution in [0.15, 0.2) is 0 Å². The molecule has 0 radical (unpaired) electrons. The smallest absolute Gasteiger partial charge is 0.310 e. The van der Waals surface area contributed by atoms with Crippen LogP contribution in [-0.2, 0) is 19.1 Å². The van der Waals surface area contributed by atoms with Crippen molar-refractivity contribution in [2.45, 2.75) is 108 Å². The van der Waals surface area contributed by atoms with Gasteiger partial charge in [-0.3, -0.25) is 4.79 Å². The van der Waals surface area contributed by atoms with E-state index in [1.165, 1.54) is 50.0 Å². The normalized spacial score (nSPS) is 27.1. The molecule has 0 N–H and O–H groups in total. The van der Waals surface area contributed by atoms with Gasteiger partial charge >= 0.3 is 11.9 Å². The molecule has 188 valence electrons. The van der Waals surface area contributed by atoms with Crippen LogP contribution < -0.4 is 0 Å². The summed E-state index contributed by atoms with van der Waals surface area (Å²) >= 11 is 13.7. The zero-order valence-corrected chi connectivity index (χ0v) is 22.0. The number of Topliss-reactive ketones (excluding diaryl/α,β-unsaturated/α-hetero) is 1. The average molecular weight is 505 g/mol. The van der Waals surface area contributed by atoms with Crippen LogP contribution in [0.4, 0.5) is 0 Å². The van der Waals surface area contributed by atoms with E-state index in [1.54, 1.807) is 18.3 Å². The van der Waals surface area contributed by atoms with Crippen LogP contribution in [0.25, 0.3) is 0 Å². The Morgan fingerprint density at radius 2 is 1.73 bits per heavy atom. The van der Waals surface area contributed by atoms with Crippen LogP contribution in [0.3, 0.4) is 0 Å². The molecule has 2 rings (SSSR count). The molecule has 2 aliphatic heterocycles. The second kappa shape index (κ2) is 13.7. The molecule has 6 nitrogen and oxygen atoms in total. The fourth-order valence-electron chi connectivity index (χ4n) is 4.76. The first-order valence-corrected chi connectivity index (χ1v) is 13.4. The van der Waals surface area contributed by atoms with E-state index < -0.39 is 10.5 Å². The quantitative estimate of drug-likeness (QED) is 0.0973. The summed E-state index contributed by atoms with van der Waals surface area (Å²) in [7, 11) is 1.80. The number of carbonyl (C=O) groups excluding carboxylic acids is 3. The Bertz CT molecular complexity index is 715. The van der Waals surface area contributed by atoms with Gasteiger partial charge in [0.1, 0.15) is 5.78 Å². The molecule has 0 bridgehead atoms. The third-order valence-corrected chi connectivity index (χ3v) is 8.25. The number of likely N-dealkylation sites (N-methyl/N-ethyl adjacent to an activating group) is 1. The molecule has 0 aromatic rings. The van der Waals surface area contributed by atoms with Crippen molar-refractivity contribution in [2.24, 2.45) is 11.8 Å². The van der Waals surface area contributed by atoms with Gasteiger partial charge in [0.15, 0.2) is 0 Å². The average Bonchev–Trinajstić information content (AvgIpc) is 3.22. The van der Waals surface area contributed by atoms with E-state index in [9.17, 15) is 14.4 Å². The number of hydrogen-bond acceptors (Lipinski definition) is 5. The lowest BCUT2D eigenvalue weighted by Gasteiger charge is -2.29. The van der Waals surface area contributed by atoms with Crippen molar-refractivity contribution in [1.29, 1.82) is 0 Å². The number of alkyl halides is 2. The summed E-state index contributed by atoms with van der Waals surface area (Å²) in [6, 6.07) is 0. The molecular formula is C25H41Cl2N2O4+. The molecule has 1 amide bonds. The summed E-state index contributed by atoms with van der Waals surface area (Å²) in [5, 5.41) is 0. The monoisotopic (exact) mass is 503 g/mol. The molecule has 0 saturated carbocycles. The summed E-state index contributed by atoms with van der Waals surface area (Å²) in [5.74, 6) is -0.772. The van der Waals surface area contributed by atoms with Crippen LogP contribution in [0.2, 0.25) is 0 Å². The van der Waals surface area contributed by atoms with Crippen LogP contribution in [0.5, 0.6) is 0 Å². The lowest BCUT2D eigenvalue weighted by atomic mass is 9.85. The van der Waals surface area contributed by atoms with Crippen molar-refractivity contribution in [3.63, 3.8) is 0 Å². The van der Waals surface area contributed by atoms with E-state index in [-0.39, 0.29) is 36.1 Å². The number of ether oxygens (including phenoxy) is 1. The summed E-state index contributed by atoms with van der Waals surface area (Å²) in [6.07, 6.45) is 14.1. The van der Waals surface area contributed by atoms with Gasteiger partial charge in [0.2, 0.25) is 16.8 Å². The van der Waals surface area contributed by atoms with Gasteiger partial charge in [-0.2, -0.15) is 4.58 Å². The highest BCUT2D eigenvalue weighted by Gasteiger charge is 2.57. The first-order valence-electron chi connectivity index (χ1n) is 12.6. The Morgan fingerprint density at radius 3 is 2.33 bits per heavy atom. The lowest BCUT2D eigenvalue weighted by Crippen LogP contribution is -2.47. The fraction of sp³-hybridized carbons (Fsp3) is 0.840. The molecular weight excluding hydrogens is 463 g/mol. The van der Waals surface area contributed by atoms with Crippen LogP contribution >= 0.6 is 23.2 Å². The number of cyclic esters (lactones) is 1. The molecule has 0 aliphatic carbocycles. The summed E-state index contributed by atoms with van der Waals surface area (Å²) in [4.78, 5) is 37.1. The third kappa shape index (κ3) is 7.95. The molecule has 1 fully saturated rings. The Hall–Kier alpha value is -1.14.